The molecule has 1 heterocycles. The Bertz CT molecular complexity index is 1030. The van der Waals surface area contributed by atoms with E-state index >= 15 is 0 Å². The number of hydrogen-bond acceptors (Lipinski definition) is 7. The van der Waals surface area contributed by atoms with Crippen LogP contribution in [0.5, 0.6) is 0 Å². The highest BCUT2D eigenvalue weighted by atomic mass is 35.5. The third-order valence-electron chi connectivity index (χ3n) is 1.72. The zero-order chi connectivity index (χ0) is 17.6. The lowest BCUT2D eigenvalue weighted by molar-refractivity contribution is 0.598. The monoisotopic (exact) mass is 428 g/mol. The lowest BCUT2D eigenvalue weighted by Crippen LogP contribution is -2.02. The predicted octanol–water partition coefficient (Wildman–Crippen LogP) is 1.23. The van der Waals surface area contributed by atoms with Crippen molar-refractivity contribution >= 4 is 62.4 Å². The maximum absolute atomic E-state index is 12.0. The van der Waals surface area contributed by atoms with Gasteiger partial charge in [-0.25, -0.2) is 8.42 Å². The number of halogens is 1. The van der Waals surface area contributed by atoms with E-state index in [1.54, 1.807) is 0 Å². The number of thiophene rings is 1. The molecule has 0 fully saturated rings. The molecule has 0 aliphatic heterocycles. The van der Waals surface area contributed by atoms with Crippen LogP contribution in [0.1, 0.15) is 0 Å². The summed E-state index contributed by atoms with van der Waals surface area (Å²) in [6.07, 6.45) is 4.47. The highest BCUT2D eigenvalue weighted by Crippen LogP contribution is 2.36. The fraction of sp³-hybridized carbons (Fsp3) is 0.500. The van der Waals surface area contributed by atoms with E-state index in [1.807, 2.05) is 0 Å². The van der Waals surface area contributed by atoms with Crippen molar-refractivity contribution in [1.29, 1.82) is 0 Å². The molecule has 0 aliphatic rings. The van der Waals surface area contributed by atoms with Crippen LogP contribution < -0.4 is 0 Å². The van der Waals surface area contributed by atoms with Gasteiger partial charge < -0.3 is 0 Å². The van der Waals surface area contributed by atoms with Crippen molar-refractivity contribution in [2.45, 2.75) is 9.10 Å². The molecule has 0 amide bonds. The molecule has 1 rings (SSSR count). The number of rotatable bonds is 4. The van der Waals surface area contributed by atoms with Crippen molar-refractivity contribution in [3.8, 4) is 0 Å². The van der Waals surface area contributed by atoms with E-state index < -0.39 is 48.6 Å². The maximum atomic E-state index is 12.0. The van der Waals surface area contributed by atoms with E-state index in [-0.39, 0.29) is 4.34 Å². The molecule has 128 valence electrons. The first kappa shape index (κ1) is 19.8. The summed E-state index contributed by atoms with van der Waals surface area (Å²) in [4.78, 5) is -0.580. The molecule has 0 bridgehead atoms. The van der Waals surface area contributed by atoms with Gasteiger partial charge in [0.15, 0.2) is 0 Å². The summed E-state index contributed by atoms with van der Waals surface area (Å²) in [6.45, 7) is 0. The van der Waals surface area contributed by atoms with Crippen LogP contribution in [-0.4, -0.2) is 50.3 Å². The van der Waals surface area contributed by atoms with Gasteiger partial charge in [0.05, 0.1) is 19.5 Å². The fourth-order valence-electron chi connectivity index (χ4n) is 1.18. The average molecular weight is 429 g/mol. The molecule has 8 nitrogen and oxygen atoms in total. The van der Waals surface area contributed by atoms with Crippen LogP contribution in [0.15, 0.2) is 22.7 Å². The highest BCUT2D eigenvalue weighted by molar-refractivity contribution is 8.04. The minimum absolute atomic E-state index is 0.361. The molecule has 14 heteroatoms. The third kappa shape index (κ3) is 5.45. The second-order valence-corrected chi connectivity index (χ2v) is 15.3. The summed E-state index contributed by atoms with van der Waals surface area (Å²) in [5.74, 6) is 0. The first-order valence-electron chi connectivity index (χ1n) is 5.20. The molecule has 0 unspecified atom stereocenters. The van der Waals surface area contributed by atoms with E-state index in [2.05, 4.69) is 7.54 Å². The van der Waals surface area contributed by atoms with E-state index in [0.717, 1.165) is 31.1 Å². The van der Waals surface area contributed by atoms with Crippen molar-refractivity contribution in [3.63, 3.8) is 0 Å². The van der Waals surface area contributed by atoms with Gasteiger partial charge in [-0.2, -0.15) is 16.8 Å². The molecule has 0 aromatic carbocycles. The molecule has 0 radical (unpaired) electrons. The van der Waals surface area contributed by atoms with E-state index in [4.69, 9.17) is 11.6 Å². The minimum Gasteiger partial charge on any atom is -0.249 e. The summed E-state index contributed by atoms with van der Waals surface area (Å²) >= 11 is 6.19. The minimum atomic E-state index is -4.38. The Morgan fingerprint density at radius 3 is 1.68 bits per heavy atom. The summed E-state index contributed by atoms with van der Waals surface area (Å²) in [6, 6.07) is 0.765. The molecule has 0 saturated carbocycles. The van der Waals surface area contributed by atoms with E-state index in [9.17, 15) is 25.3 Å². The van der Waals surface area contributed by atoms with Gasteiger partial charge >= 0.3 is 0 Å². The van der Waals surface area contributed by atoms with Crippen LogP contribution in [0.25, 0.3) is 0 Å². The average Bonchev–Trinajstić information content (AvgIpc) is 2.53. The SMILES string of the molecule is CS(C)(=O)=NS(=O)(=O)c1cc(S(=O)(=O)N=S(C)(C)=O)c(Cl)s1. The first-order valence-corrected chi connectivity index (χ1v) is 13.9. The molecule has 22 heavy (non-hydrogen) atoms. The van der Waals surface area contributed by atoms with Crippen molar-refractivity contribution in [2.75, 3.05) is 25.0 Å². The topological polar surface area (TPSA) is 127 Å². The van der Waals surface area contributed by atoms with Crippen molar-refractivity contribution in [2.24, 2.45) is 7.54 Å². The van der Waals surface area contributed by atoms with Gasteiger partial charge in [-0.1, -0.05) is 11.6 Å². The van der Waals surface area contributed by atoms with Crippen LogP contribution in [0.2, 0.25) is 4.34 Å². The van der Waals surface area contributed by atoms with Gasteiger partial charge in [-0.3, -0.25) is 0 Å². The van der Waals surface area contributed by atoms with Crippen LogP contribution in [-0.2, 0) is 39.5 Å². The van der Waals surface area contributed by atoms with Gasteiger partial charge in [-0.15, -0.1) is 18.9 Å². The summed E-state index contributed by atoms with van der Waals surface area (Å²) < 4.78 is 76.4. The fourth-order valence-corrected chi connectivity index (χ4v) is 9.10. The van der Waals surface area contributed by atoms with Crippen molar-refractivity contribution in [1.82, 2.24) is 0 Å². The number of sulfonamides is 2. The summed E-state index contributed by atoms with van der Waals surface area (Å²) in [7, 11) is -14.7. The van der Waals surface area contributed by atoms with Gasteiger partial charge in [-0.05, 0) is 6.07 Å². The molecule has 0 atom stereocenters. The quantitative estimate of drug-likeness (QED) is 0.709. The second kappa shape index (κ2) is 6.02. The molecule has 0 aliphatic carbocycles. The predicted molar refractivity (Wildman–Crippen MR) is 88.5 cm³/mol. The van der Waals surface area contributed by atoms with Crippen molar-refractivity contribution < 1.29 is 25.3 Å². The maximum Gasteiger partial charge on any atom is 0.299 e. The Labute approximate surface area is 139 Å². The van der Waals surface area contributed by atoms with Crippen LogP contribution in [0.3, 0.4) is 0 Å². The zero-order valence-electron chi connectivity index (χ0n) is 11.8. The van der Waals surface area contributed by atoms with Gasteiger partial charge in [0.25, 0.3) is 20.0 Å². The smallest absolute Gasteiger partial charge is 0.249 e. The molecule has 1 aromatic rings. The number of nitrogens with zero attached hydrogens (tertiary/aromatic N) is 2. The third-order valence-corrected chi connectivity index (χ3v) is 9.94. The zero-order valence-corrected chi connectivity index (χ0v) is 16.7. The molecule has 0 saturated heterocycles. The summed E-state index contributed by atoms with van der Waals surface area (Å²) in [5, 5.41) is 0. The van der Waals surface area contributed by atoms with Gasteiger partial charge in [0.1, 0.15) is 13.4 Å². The Hall–Kier alpha value is -0.210. The Balaban J connectivity index is 3.62. The standard InChI is InChI=1S/C8H13ClN2O6S5/c1-19(2,12)10-21(14,15)6-5-7(18-8(6)9)22(16,17)11-20(3,4)13/h5H,1-4H3. The highest BCUT2D eigenvalue weighted by Gasteiger charge is 2.27. The lowest BCUT2D eigenvalue weighted by atomic mass is 10.7. The van der Waals surface area contributed by atoms with Crippen molar-refractivity contribution in [3.05, 3.63) is 10.4 Å². The second-order valence-electron chi connectivity index (χ2n) is 4.67. The molecule has 0 spiro atoms. The Kier molecular flexibility index (Phi) is 5.42. The van der Waals surface area contributed by atoms with Crippen LogP contribution >= 0.6 is 22.9 Å². The lowest BCUT2D eigenvalue weighted by Gasteiger charge is -1.97. The molecular formula is C8H13ClN2O6S5. The molecular weight excluding hydrogens is 416 g/mol. The Morgan fingerprint density at radius 2 is 1.27 bits per heavy atom. The summed E-state index contributed by atoms with van der Waals surface area (Å²) in [5.41, 5.74) is 0. The number of hydrogen-bond donors (Lipinski definition) is 0. The van der Waals surface area contributed by atoms with Crippen LogP contribution in [0, 0.1) is 0 Å². The molecule has 1 aromatic heterocycles. The van der Waals surface area contributed by atoms with Gasteiger partial charge in [0, 0.05) is 25.0 Å². The normalized spacial score (nSPS) is 13.9. The largest absolute Gasteiger partial charge is 0.299 e. The Morgan fingerprint density at radius 1 is 0.864 bits per heavy atom. The van der Waals surface area contributed by atoms with E-state index in [0.29, 0.717) is 11.3 Å². The molecule has 0 N–H and O–H groups in total. The van der Waals surface area contributed by atoms with Crippen LogP contribution in [0.4, 0.5) is 0 Å². The first-order chi connectivity index (χ1) is 9.54. The van der Waals surface area contributed by atoms with E-state index in [1.165, 1.54) is 0 Å². The van der Waals surface area contributed by atoms with Gasteiger partial charge in [0.2, 0.25) is 0 Å².